The Labute approximate surface area is 109 Å². The molecule has 2 rings (SSSR count). The van der Waals surface area contributed by atoms with E-state index in [-0.39, 0.29) is 0 Å². The second-order valence-electron chi connectivity index (χ2n) is 4.67. The summed E-state index contributed by atoms with van der Waals surface area (Å²) in [6.45, 7) is 8.31. The van der Waals surface area contributed by atoms with Gasteiger partial charge in [-0.05, 0) is 38.9 Å². The molecule has 0 amide bonds. The van der Waals surface area contributed by atoms with Gasteiger partial charge in [-0.3, -0.25) is 0 Å². The van der Waals surface area contributed by atoms with Gasteiger partial charge in [0.15, 0.2) is 0 Å². The van der Waals surface area contributed by atoms with Gasteiger partial charge in [-0.2, -0.15) is 4.98 Å². The van der Waals surface area contributed by atoms with Crippen LogP contribution in [0.3, 0.4) is 0 Å². The van der Waals surface area contributed by atoms with E-state index in [9.17, 15) is 0 Å². The summed E-state index contributed by atoms with van der Waals surface area (Å²) in [4.78, 5) is 6.94. The molecule has 1 aromatic rings. The van der Waals surface area contributed by atoms with E-state index in [1.807, 2.05) is 25.1 Å². The van der Waals surface area contributed by atoms with Crippen molar-refractivity contribution in [2.75, 3.05) is 31.6 Å². The van der Waals surface area contributed by atoms with Gasteiger partial charge in [0.2, 0.25) is 5.88 Å². The molecule has 18 heavy (non-hydrogen) atoms. The van der Waals surface area contributed by atoms with Gasteiger partial charge in [-0.25, -0.2) is 0 Å². The number of hydrogen-bond acceptors (Lipinski definition) is 4. The fraction of sp³-hybridized carbons (Fsp3) is 0.643. The van der Waals surface area contributed by atoms with Crippen LogP contribution in [0, 0.1) is 0 Å². The fourth-order valence-electron chi connectivity index (χ4n) is 2.39. The predicted octanol–water partition coefficient (Wildman–Crippen LogP) is 2.38. The summed E-state index contributed by atoms with van der Waals surface area (Å²) in [7, 11) is 0. The molecule has 0 radical (unpaired) electrons. The Kier molecular flexibility index (Phi) is 4.81. The van der Waals surface area contributed by atoms with Crippen molar-refractivity contribution in [3.63, 3.8) is 0 Å². The lowest BCUT2D eigenvalue weighted by atomic mass is 10.1. The number of nitrogens with one attached hydrogen (secondary N) is 1. The first kappa shape index (κ1) is 13.1. The van der Waals surface area contributed by atoms with Crippen molar-refractivity contribution in [1.29, 1.82) is 0 Å². The molecule has 4 nitrogen and oxygen atoms in total. The first-order chi connectivity index (χ1) is 8.81. The third-order valence-electron chi connectivity index (χ3n) is 3.32. The highest BCUT2D eigenvalue weighted by Gasteiger charge is 2.18. The molecule has 0 bridgehead atoms. The van der Waals surface area contributed by atoms with E-state index < -0.39 is 0 Å². The standard InChI is InChI=1S/C14H23N3O/c1-3-17-10-6-7-12(11-17)15-13-8-5-9-14(16-13)18-4-2/h5,8-9,12H,3-4,6-7,10-11H2,1-2H3,(H,15,16). The predicted molar refractivity (Wildman–Crippen MR) is 74.2 cm³/mol. The number of likely N-dealkylation sites (N-methyl/N-ethyl adjacent to an activating group) is 1. The van der Waals surface area contributed by atoms with Crippen LogP contribution in [-0.4, -0.2) is 42.2 Å². The Bertz CT molecular complexity index is 370. The third kappa shape index (κ3) is 3.60. The zero-order valence-corrected chi connectivity index (χ0v) is 11.4. The summed E-state index contributed by atoms with van der Waals surface area (Å²) in [6.07, 6.45) is 2.48. The summed E-state index contributed by atoms with van der Waals surface area (Å²) in [5.74, 6) is 1.62. The van der Waals surface area contributed by atoms with Crippen molar-refractivity contribution in [2.45, 2.75) is 32.7 Å². The van der Waals surface area contributed by atoms with Gasteiger partial charge >= 0.3 is 0 Å². The minimum absolute atomic E-state index is 0.503. The molecule has 0 aromatic carbocycles. The highest BCUT2D eigenvalue weighted by molar-refractivity contribution is 5.38. The first-order valence-corrected chi connectivity index (χ1v) is 6.90. The number of piperidine rings is 1. The molecule has 1 fully saturated rings. The molecule has 0 spiro atoms. The van der Waals surface area contributed by atoms with Gasteiger partial charge in [0.25, 0.3) is 0 Å². The number of rotatable bonds is 5. The number of aromatic nitrogens is 1. The van der Waals surface area contributed by atoms with Gasteiger partial charge < -0.3 is 15.0 Å². The smallest absolute Gasteiger partial charge is 0.215 e. The summed E-state index contributed by atoms with van der Waals surface area (Å²) in [5.41, 5.74) is 0. The summed E-state index contributed by atoms with van der Waals surface area (Å²) in [6, 6.07) is 6.39. The normalized spacial score (nSPS) is 20.7. The van der Waals surface area contributed by atoms with E-state index >= 15 is 0 Å². The summed E-state index contributed by atoms with van der Waals surface area (Å²) < 4.78 is 5.42. The van der Waals surface area contributed by atoms with Gasteiger partial charge in [0.05, 0.1) is 6.61 Å². The Hall–Kier alpha value is -1.29. The van der Waals surface area contributed by atoms with Crippen LogP contribution in [0.1, 0.15) is 26.7 Å². The van der Waals surface area contributed by atoms with Gasteiger partial charge in [0, 0.05) is 18.7 Å². The Balaban J connectivity index is 1.93. The molecule has 0 aliphatic carbocycles. The van der Waals surface area contributed by atoms with Crippen LogP contribution in [0.2, 0.25) is 0 Å². The van der Waals surface area contributed by atoms with Crippen molar-refractivity contribution >= 4 is 5.82 Å². The molecule has 2 heterocycles. The van der Waals surface area contributed by atoms with Crippen molar-refractivity contribution in [1.82, 2.24) is 9.88 Å². The van der Waals surface area contributed by atoms with Crippen molar-refractivity contribution in [3.05, 3.63) is 18.2 Å². The minimum Gasteiger partial charge on any atom is -0.478 e. The van der Waals surface area contributed by atoms with E-state index in [1.54, 1.807) is 0 Å². The van der Waals surface area contributed by atoms with Crippen molar-refractivity contribution in [3.8, 4) is 5.88 Å². The molecule has 1 saturated heterocycles. The van der Waals surface area contributed by atoms with Crippen molar-refractivity contribution in [2.24, 2.45) is 0 Å². The molecular weight excluding hydrogens is 226 g/mol. The molecule has 100 valence electrons. The van der Waals surface area contributed by atoms with E-state index in [4.69, 9.17) is 4.74 Å². The van der Waals surface area contributed by atoms with Crippen LogP contribution in [0.15, 0.2) is 18.2 Å². The maximum atomic E-state index is 5.42. The zero-order chi connectivity index (χ0) is 12.8. The molecule has 0 saturated carbocycles. The lowest BCUT2D eigenvalue weighted by Gasteiger charge is -2.32. The number of likely N-dealkylation sites (tertiary alicyclic amines) is 1. The third-order valence-corrected chi connectivity index (χ3v) is 3.32. The van der Waals surface area contributed by atoms with Gasteiger partial charge in [-0.15, -0.1) is 0 Å². The van der Waals surface area contributed by atoms with Crippen LogP contribution in [0.4, 0.5) is 5.82 Å². The molecule has 1 aromatic heterocycles. The lowest BCUT2D eigenvalue weighted by Crippen LogP contribution is -2.41. The van der Waals surface area contributed by atoms with Crippen LogP contribution >= 0.6 is 0 Å². The second-order valence-corrected chi connectivity index (χ2v) is 4.67. The van der Waals surface area contributed by atoms with Crippen LogP contribution in [0.5, 0.6) is 5.88 Å². The molecule has 1 aliphatic heterocycles. The average molecular weight is 249 g/mol. The lowest BCUT2D eigenvalue weighted by molar-refractivity contribution is 0.226. The number of pyridine rings is 1. The summed E-state index contributed by atoms with van der Waals surface area (Å²) >= 11 is 0. The molecule has 1 atom stereocenters. The number of hydrogen-bond donors (Lipinski definition) is 1. The largest absolute Gasteiger partial charge is 0.478 e. The fourth-order valence-corrected chi connectivity index (χ4v) is 2.39. The van der Waals surface area contributed by atoms with Crippen LogP contribution < -0.4 is 10.1 Å². The SMILES string of the molecule is CCOc1cccc(NC2CCCN(CC)C2)n1. The Morgan fingerprint density at radius 2 is 2.33 bits per heavy atom. The highest BCUT2D eigenvalue weighted by Crippen LogP contribution is 2.16. The molecule has 1 unspecified atom stereocenters. The van der Waals surface area contributed by atoms with Crippen LogP contribution in [-0.2, 0) is 0 Å². The van der Waals surface area contributed by atoms with E-state index in [2.05, 4.69) is 22.1 Å². The first-order valence-electron chi connectivity index (χ1n) is 6.90. The quantitative estimate of drug-likeness (QED) is 0.869. The van der Waals surface area contributed by atoms with Crippen molar-refractivity contribution < 1.29 is 4.74 Å². The topological polar surface area (TPSA) is 37.4 Å². The van der Waals surface area contributed by atoms with Gasteiger partial charge in [-0.1, -0.05) is 13.0 Å². The number of nitrogens with zero attached hydrogens (tertiary/aromatic N) is 2. The van der Waals surface area contributed by atoms with E-state index in [1.165, 1.54) is 19.4 Å². The average Bonchev–Trinajstić information content (AvgIpc) is 2.40. The van der Waals surface area contributed by atoms with Crippen LogP contribution in [0.25, 0.3) is 0 Å². The second kappa shape index (κ2) is 6.59. The Morgan fingerprint density at radius 1 is 1.44 bits per heavy atom. The molecule has 4 heteroatoms. The maximum absolute atomic E-state index is 5.42. The van der Waals surface area contributed by atoms with E-state index in [0.717, 1.165) is 18.9 Å². The minimum atomic E-state index is 0.503. The zero-order valence-electron chi connectivity index (χ0n) is 11.4. The molecule has 1 aliphatic rings. The summed E-state index contributed by atoms with van der Waals surface area (Å²) in [5, 5.41) is 3.51. The van der Waals surface area contributed by atoms with E-state index in [0.29, 0.717) is 18.5 Å². The Morgan fingerprint density at radius 3 is 3.11 bits per heavy atom. The molecule has 1 N–H and O–H groups in total. The highest BCUT2D eigenvalue weighted by atomic mass is 16.5. The monoisotopic (exact) mass is 249 g/mol. The molecular formula is C14H23N3O. The maximum Gasteiger partial charge on any atom is 0.215 e. The van der Waals surface area contributed by atoms with Gasteiger partial charge in [0.1, 0.15) is 5.82 Å². The number of ether oxygens (including phenoxy) is 1. The number of anilines is 1.